The number of nitrogens with one attached hydrogen (secondary N) is 1. The monoisotopic (exact) mass is 528 g/mol. The molecule has 12 heteroatoms. The quantitative estimate of drug-likeness (QED) is 0.305. The predicted octanol–water partition coefficient (Wildman–Crippen LogP) is 5.23. The molecule has 0 saturated heterocycles. The van der Waals surface area contributed by atoms with E-state index in [1.807, 2.05) is 23.6 Å². The summed E-state index contributed by atoms with van der Waals surface area (Å²) in [4.78, 5) is 35.3. The molecule has 0 aliphatic carbocycles. The average molecular weight is 529 g/mol. The highest BCUT2D eigenvalue weighted by atomic mass is 32.1. The van der Waals surface area contributed by atoms with Crippen molar-refractivity contribution in [1.29, 1.82) is 0 Å². The largest absolute Gasteiger partial charge is 0.444 e. The average Bonchev–Trinajstić information content (AvgIpc) is 3.80. The zero-order valence-electron chi connectivity index (χ0n) is 20.0. The fraction of sp³-hybridized carbons (Fsp3) is 0. The Bertz CT molecular complexity index is 1870. The van der Waals surface area contributed by atoms with E-state index >= 15 is 0 Å². The molecule has 0 saturated carbocycles. The second kappa shape index (κ2) is 9.76. The van der Waals surface area contributed by atoms with Gasteiger partial charge in [0.25, 0.3) is 0 Å². The Morgan fingerprint density at radius 2 is 1.67 bits per heavy atom. The maximum absolute atomic E-state index is 5.98. The van der Waals surface area contributed by atoms with Crippen LogP contribution in [0.5, 0.6) is 0 Å². The number of hydrogen-bond donors (Lipinski definition) is 1. The van der Waals surface area contributed by atoms with E-state index in [-0.39, 0.29) is 0 Å². The summed E-state index contributed by atoms with van der Waals surface area (Å²) in [6.45, 7) is 0. The lowest BCUT2D eigenvalue weighted by Crippen LogP contribution is -1.98. The number of nitrogens with zero attached hydrogens (tertiary/aromatic N) is 9. The van der Waals surface area contributed by atoms with Gasteiger partial charge in [-0.1, -0.05) is 0 Å². The normalized spacial score (nSPS) is 11.1. The molecule has 0 aliphatic rings. The van der Waals surface area contributed by atoms with Crippen LogP contribution in [0.3, 0.4) is 0 Å². The van der Waals surface area contributed by atoms with E-state index in [4.69, 9.17) is 9.40 Å². The zero-order chi connectivity index (χ0) is 26.0. The van der Waals surface area contributed by atoms with Crippen LogP contribution in [0.25, 0.3) is 67.4 Å². The molecular formula is C27H16N10OS. The van der Waals surface area contributed by atoms with Gasteiger partial charge in [0.15, 0.2) is 5.82 Å². The van der Waals surface area contributed by atoms with E-state index in [1.165, 1.54) is 11.3 Å². The first-order chi connectivity index (χ1) is 19.4. The highest BCUT2D eigenvalue weighted by Crippen LogP contribution is 2.43. The maximum Gasteiger partial charge on any atom is 0.228 e. The van der Waals surface area contributed by atoms with E-state index in [0.717, 1.165) is 27.1 Å². The predicted molar refractivity (Wildman–Crippen MR) is 144 cm³/mol. The van der Waals surface area contributed by atoms with Gasteiger partial charge in [0.05, 0.1) is 34.1 Å². The molecule has 0 unspecified atom stereocenters. The van der Waals surface area contributed by atoms with Crippen LogP contribution >= 0.6 is 11.3 Å². The van der Waals surface area contributed by atoms with Gasteiger partial charge in [0.2, 0.25) is 5.89 Å². The standard InChI is InChI=1S/C27H16N10OS/c1-3-16(25-31-6-2-7-32-25)22(30-5-1)20-15-38-27(36-20)17-4-12-39-24(17)23-21(26-33-10-11-34-26)18(13-35-37-23)19-14-28-8-9-29-19/h1-15H,(H,33,34). The van der Waals surface area contributed by atoms with Crippen LogP contribution in [0.2, 0.25) is 0 Å². The van der Waals surface area contributed by atoms with Gasteiger partial charge >= 0.3 is 0 Å². The van der Waals surface area contributed by atoms with Crippen molar-refractivity contribution in [2.24, 2.45) is 0 Å². The minimum absolute atomic E-state index is 0.420. The summed E-state index contributed by atoms with van der Waals surface area (Å²) >= 11 is 1.50. The van der Waals surface area contributed by atoms with Crippen LogP contribution in [-0.4, -0.2) is 50.1 Å². The molecule has 0 radical (unpaired) electrons. The summed E-state index contributed by atoms with van der Waals surface area (Å²) in [5.41, 5.74) is 5.48. The molecule has 7 aromatic heterocycles. The Kier molecular flexibility index (Phi) is 5.68. The van der Waals surface area contributed by atoms with Gasteiger partial charge in [-0.15, -0.1) is 16.4 Å². The van der Waals surface area contributed by atoms with Crippen LogP contribution in [0.15, 0.2) is 96.1 Å². The molecule has 1 N–H and O–H groups in total. The highest BCUT2D eigenvalue weighted by molar-refractivity contribution is 7.14. The first-order valence-corrected chi connectivity index (χ1v) is 12.6. The zero-order valence-corrected chi connectivity index (χ0v) is 20.8. The Labute approximate surface area is 224 Å². The number of thiophene rings is 1. The van der Waals surface area contributed by atoms with E-state index in [9.17, 15) is 0 Å². The summed E-state index contributed by atoms with van der Waals surface area (Å²) in [6, 6.07) is 7.46. The van der Waals surface area contributed by atoms with E-state index in [1.54, 1.807) is 68.1 Å². The molecule has 0 aromatic carbocycles. The van der Waals surface area contributed by atoms with Crippen molar-refractivity contribution in [3.8, 4) is 67.4 Å². The smallest absolute Gasteiger partial charge is 0.228 e. The molecule has 11 nitrogen and oxygen atoms in total. The molecule has 39 heavy (non-hydrogen) atoms. The number of H-pyrrole nitrogens is 1. The van der Waals surface area contributed by atoms with Gasteiger partial charge in [0, 0.05) is 54.5 Å². The Morgan fingerprint density at radius 3 is 2.51 bits per heavy atom. The van der Waals surface area contributed by atoms with Crippen LogP contribution in [0, 0.1) is 0 Å². The fourth-order valence-electron chi connectivity index (χ4n) is 4.21. The van der Waals surface area contributed by atoms with Crippen molar-refractivity contribution in [1.82, 2.24) is 50.1 Å². The second-order valence-corrected chi connectivity index (χ2v) is 9.10. The SMILES string of the molecule is c1cnc(-c2cccnc2-c2coc(-c3ccsc3-c3nncc(-c4cnccn4)c3-c3ncc[nH]3)n2)nc1. The highest BCUT2D eigenvalue weighted by Gasteiger charge is 2.24. The van der Waals surface area contributed by atoms with E-state index < -0.39 is 0 Å². The third-order valence-electron chi connectivity index (χ3n) is 5.90. The fourth-order valence-corrected chi connectivity index (χ4v) is 5.09. The summed E-state index contributed by atoms with van der Waals surface area (Å²) in [6.07, 6.45) is 16.7. The number of aromatic nitrogens is 10. The molecule has 0 atom stereocenters. The molecule has 186 valence electrons. The van der Waals surface area contributed by atoms with Crippen molar-refractivity contribution < 1.29 is 4.42 Å². The lowest BCUT2D eigenvalue weighted by atomic mass is 10.0. The maximum atomic E-state index is 5.98. The first kappa shape index (κ1) is 22.7. The lowest BCUT2D eigenvalue weighted by molar-refractivity contribution is 0.575. The number of imidazole rings is 1. The Hall–Kier alpha value is -5.49. The Balaban J connectivity index is 1.35. The number of hydrogen-bond acceptors (Lipinski definition) is 11. The molecule has 7 rings (SSSR count). The van der Waals surface area contributed by atoms with Crippen LogP contribution in [-0.2, 0) is 0 Å². The van der Waals surface area contributed by atoms with E-state index in [2.05, 4.69) is 45.1 Å². The van der Waals surface area contributed by atoms with Crippen molar-refractivity contribution in [3.63, 3.8) is 0 Å². The summed E-state index contributed by atoms with van der Waals surface area (Å²) in [5, 5.41) is 10.8. The Morgan fingerprint density at radius 1 is 0.744 bits per heavy atom. The van der Waals surface area contributed by atoms with Crippen LogP contribution in [0.4, 0.5) is 0 Å². The molecule has 0 fully saturated rings. The molecule has 0 amide bonds. The number of rotatable bonds is 6. The van der Waals surface area contributed by atoms with Gasteiger partial charge in [-0.05, 0) is 29.6 Å². The summed E-state index contributed by atoms with van der Waals surface area (Å²) in [7, 11) is 0. The van der Waals surface area contributed by atoms with Gasteiger partial charge in [0.1, 0.15) is 29.2 Å². The van der Waals surface area contributed by atoms with Crippen molar-refractivity contribution >= 4 is 11.3 Å². The minimum atomic E-state index is 0.420. The van der Waals surface area contributed by atoms with Crippen LogP contribution in [0.1, 0.15) is 0 Å². The molecule has 0 bridgehead atoms. The van der Waals surface area contributed by atoms with Gasteiger partial charge < -0.3 is 9.40 Å². The van der Waals surface area contributed by atoms with Crippen molar-refractivity contribution in [2.75, 3.05) is 0 Å². The molecule has 7 aromatic rings. The van der Waals surface area contributed by atoms with Gasteiger partial charge in [-0.2, -0.15) is 5.10 Å². The van der Waals surface area contributed by atoms with Crippen molar-refractivity contribution in [3.05, 3.63) is 91.7 Å². The summed E-state index contributed by atoms with van der Waals surface area (Å²) < 4.78 is 5.98. The molecular weight excluding hydrogens is 512 g/mol. The van der Waals surface area contributed by atoms with Gasteiger partial charge in [-0.25, -0.2) is 19.9 Å². The van der Waals surface area contributed by atoms with Crippen molar-refractivity contribution in [2.45, 2.75) is 0 Å². The lowest BCUT2D eigenvalue weighted by Gasteiger charge is -2.11. The van der Waals surface area contributed by atoms with E-state index in [0.29, 0.717) is 40.3 Å². The number of pyridine rings is 1. The third-order valence-corrected chi connectivity index (χ3v) is 6.82. The third kappa shape index (κ3) is 4.14. The molecule has 0 spiro atoms. The summed E-state index contributed by atoms with van der Waals surface area (Å²) in [5.74, 6) is 1.61. The van der Waals surface area contributed by atoms with Gasteiger partial charge in [-0.3, -0.25) is 15.0 Å². The second-order valence-electron chi connectivity index (χ2n) is 8.18. The topological polar surface area (TPSA) is 145 Å². The molecule has 0 aliphatic heterocycles. The number of oxazole rings is 1. The first-order valence-electron chi connectivity index (χ1n) is 11.7. The minimum Gasteiger partial charge on any atom is -0.444 e. The number of aromatic amines is 1. The van der Waals surface area contributed by atoms with Crippen LogP contribution < -0.4 is 0 Å². The molecule has 7 heterocycles.